The standard InChI is InChI=1S/C12H17F3N2O/c1-7(2)8(3)18-11-6-9(12(13,14)15)5-10(16-4)17-11/h5-8H,1-4H3,(H,16,17). The summed E-state index contributed by atoms with van der Waals surface area (Å²) in [7, 11) is 1.51. The van der Waals surface area contributed by atoms with Crippen molar-refractivity contribution in [2.45, 2.75) is 33.1 Å². The lowest BCUT2D eigenvalue weighted by atomic mass is 10.1. The number of ether oxygens (including phenoxy) is 1. The molecule has 1 atom stereocenters. The number of hydrogen-bond acceptors (Lipinski definition) is 3. The first kappa shape index (κ1) is 14.6. The molecule has 0 aromatic carbocycles. The highest BCUT2D eigenvalue weighted by molar-refractivity contribution is 5.42. The van der Waals surface area contributed by atoms with E-state index in [9.17, 15) is 13.2 Å². The lowest BCUT2D eigenvalue weighted by Gasteiger charge is -2.18. The molecule has 3 nitrogen and oxygen atoms in total. The van der Waals surface area contributed by atoms with Gasteiger partial charge < -0.3 is 10.1 Å². The maximum absolute atomic E-state index is 12.7. The molecular formula is C12H17F3N2O. The van der Waals surface area contributed by atoms with Gasteiger partial charge in [-0.15, -0.1) is 0 Å². The van der Waals surface area contributed by atoms with Gasteiger partial charge in [-0.3, -0.25) is 0 Å². The Labute approximate surface area is 104 Å². The second-order valence-electron chi connectivity index (χ2n) is 4.39. The molecule has 0 fully saturated rings. The van der Waals surface area contributed by atoms with Gasteiger partial charge in [0, 0.05) is 13.1 Å². The van der Waals surface area contributed by atoms with E-state index < -0.39 is 11.7 Å². The van der Waals surface area contributed by atoms with E-state index in [-0.39, 0.29) is 23.7 Å². The number of anilines is 1. The number of hydrogen-bond donors (Lipinski definition) is 1. The zero-order valence-corrected chi connectivity index (χ0v) is 10.8. The van der Waals surface area contributed by atoms with E-state index in [2.05, 4.69) is 10.3 Å². The molecule has 0 spiro atoms. The quantitative estimate of drug-likeness (QED) is 0.900. The van der Waals surface area contributed by atoms with Crippen molar-refractivity contribution < 1.29 is 17.9 Å². The Hall–Kier alpha value is -1.46. The topological polar surface area (TPSA) is 34.1 Å². The van der Waals surface area contributed by atoms with Crippen molar-refractivity contribution >= 4 is 5.82 Å². The zero-order valence-electron chi connectivity index (χ0n) is 10.8. The average Bonchev–Trinajstić information content (AvgIpc) is 2.27. The van der Waals surface area contributed by atoms with Gasteiger partial charge in [0.25, 0.3) is 0 Å². The molecule has 1 aromatic heterocycles. The summed E-state index contributed by atoms with van der Waals surface area (Å²) < 4.78 is 43.4. The summed E-state index contributed by atoms with van der Waals surface area (Å²) in [6, 6.07) is 1.87. The fourth-order valence-electron chi connectivity index (χ4n) is 1.18. The lowest BCUT2D eigenvalue weighted by molar-refractivity contribution is -0.137. The molecule has 1 aromatic rings. The number of nitrogens with zero attached hydrogens (tertiary/aromatic N) is 1. The predicted octanol–water partition coefficient (Wildman–Crippen LogP) is 3.57. The number of aromatic nitrogens is 1. The molecular weight excluding hydrogens is 245 g/mol. The van der Waals surface area contributed by atoms with Crippen LogP contribution in [0.2, 0.25) is 0 Å². The molecule has 0 saturated heterocycles. The molecule has 0 aliphatic heterocycles. The van der Waals surface area contributed by atoms with Crippen molar-refractivity contribution in [3.05, 3.63) is 17.7 Å². The molecule has 6 heteroatoms. The summed E-state index contributed by atoms with van der Waals surface area (Å²) in [5.41, 5.74) is -0.771. The van der Waals surface area contributed by atoms with E-state index in [0.29, 0.717) is 0 Å². The fourth-order valence-corrected chi connectivity index (χ4v) is 1.18. The number of pyridine rings is 1. The Morgan fingerprint density at radius 2 is 1.83 bits per heavy atom. The summed E-state index contributed by atoms with van der Waals surface area (Å²) in [6.07, 6.45) is -4.61. The normalized spacial score (nSPS) is 13.6. The van der Waals surface area contributed by atoms with Crippen molar-refractivity contribution in [3.8, 4) is 5.88 Å². The van der Waals surface area contributed by atoms with E-state index in [4.69, 9.17) is 4.74 Å². The molecule has 0 aliphatic carbocycles. The van der Waals surface area contributed by atoms with Crippen LogP contribution in [-0.4, -0.2) is 18.1 Å². The fraction of sp³-hybridized carbons (Fsp3) is 0.583. The average molecular weight is 262 g/mol. The monoisotopic (exact) mass is 262 g/mol. The van der Waals surface area contributed by atoms with Gasteiger partial charge >= 0.3 is 6.18 Å². The Kier molecular flexibility index (Phi) is 4.43. The SMILES string of the molecule is CNc1cc(C(F)(F)F)cc(OC(C)C(C)C)n1. The lowest BCUT2D eigenvalue weighted by Crippen LogP contribution is -2.20. The van der Waals surface area contributed by atoms with Gasteiger partial charge in [-0.05, 0) is 18.9 Å². The third kappa shape index (κ3) is 3.78. The Morgan fingerprint density at radius 1 is 1.22 bits per heavy atom. The smallest absolute Gasteiger partial charge is 0.416 e. The Balaban J connectivity index is 3.05. The van der Waals surface area contributed by atoms with Gasteiger partial charge in [0.2, 0.25) is 5.88 Å². The van der Waals surface area contributed by atoms with Crippen molar-refractivity contribution in [1.29, 1.82) is 0 Å². The summed E-state index contributed by atoms with van der Waals surface area (Å²) in [5, 5.41) is 2.59. The van der Waals surface area contributed by atoms with Gasteiger partial charge in [0.1, 0.15) is 5.82 Å². The molecule has 102 valence electrons. The first-order valence-electron chi connectivity index (χ1n) is 5.67. The van der Waals surface area contributed by atoms with Gasteiger partial charge in [-0.25, -0.2) is 0 Å². The molecule has 0 amide bonds. The Morgan fingerprint density at radius 3 is 2.28 bits per heavy atom. The maximum atomic E-state index is 12.7. The van der Waals surface area contributed by atoms with Crippen molar-refractivity contribution in [3.63, 3.8) is 0 Å². The molecule has 1 N–H and O–H groups in total. The third-order valence-corrected chi connectivity index (χ3v) is 2.63. The highest BCUT2D eigenvalue weighted by Crippen LogP contribution is 2.32. The molecule has 1 rings (SSSR count). The minimum Gasteiger partial charge on any atom is -0.474 e. The molecule has 18 heavy (non-hydrogen) atoms. The van der Waals surface area contributed by atoms with Gasteiger partial charge in [0.15, 0.2) is 0 Å². The molecule has 0 aliphatic rings. The van der Waals surface area contributed by atoms with Crippen LogP contribution in [0.1, 0.15) is 26.3 Å². The second kappa shape index (κ2) is 5.46. The van der Waals surface area contributed by atoms with Crippen LogP contribution in [-0.2, 0) is 6.18 Å². The van der Waals surface area contributed by atoms with E-state index in [1.165, 1.54) is 7.05 Å². The minimum absolute atomic E-state index is 0.0182. The van der Waals surface area contributed by atoms with E-state index in [0.717, 1.165) is 12.1 Å². The summed E-state index contributed by atoms with van der Waals surface area (Å²) >= 11 is 0. The summed E-state index contributed by atoms with van der Waals surface area (Å²) in [5.74, 6) is 0.311. The van der Waals surface area contributed by atoms with Gasteiger partial charge in [-0.2, -0.15) is 18.2 Å². The second-order valence-corrected chi connectivity index (χ2v) is 4.39. The Bertz CT molecular complexity index is 405. The van der Waals surface area contributed by atoms with E-state index >= 15 is 0 Å². The van der Waals surface area contributed by atoms with Crippen LogP contribution in [0.4, 0.5) is 19.0 Å². The molecule has 1 heterocycles. The van der Waals surface area contributed by atoms with Crippen molar-refractivity contribution in [1.82, 2.24) is 4.98 Å². The first-order chi connectivity index (χ1) is 8.24. The molecule has 0 saturated carbocycles. The highest BCUT2D eigenvalue weighted by atomic mass is 19.4. The minimum atomic E-state index is -4.41. The van der Waals surface area contributed by atoms with Crippen molar-refractivity contribution in [2.24, 2.45) is 5.92 Å². The van der Waals surface area contributed by atoms with Crippen LogP contribution < -0.4 is 10.1 Å². The summed E-state index contributed by atoms with van der Waals surface area (Å²) in [4.78, 5) is 3.95. The highest BCUT2D eigenvalue weighted by Gasteiger charge is 2.32. The van der Waals surface area contributed by atoms with Crippen LogP contribution in [0.3, 0.4) is 0 Å². The predicted molar refractivity (Wildman–Crippen MR) is 63.7 cm³/mol. The van der Waals surface area contributed by atoms with Gasteiger partial charge in [0.05, 0.1) is 11.7 Å². The molecule has 0 bridgehead atoms. The van der Waals surface area contributed by atoms with Crippen LogP contribution in [0, 0.1) is 5.92 Å². The van der Waals surface area contributed by atoms with Gasteiger partial charge in [-0.1, -0.05) is 13.8 Å². The van der Waals surface area contributed by atoms with Crippen molar-refractivity contribution in [2.75, 3.05) is 12.4 Å². The number of alkyl halides is 3. The third-order valence-electron chi connectivity index (χ3n) is 2.63. The van der Waals surface area contributed by atoms with E-state index in [1.54, 1.807) is 6.92 Å². The zero-order chi connectivity index (χ0) is 13.9. The number of halogens is 3. The summed E-state index contributed by atoms with van der Waals surface area (Å²) in [6.45, 7) is 5.65. The number of nitrogens with one attached hydrogen (secondary N) is 1. The van der Waals surface area contributed by atoms with Crippen LogP contribution in [0.5, 0.6) is 5.88 Å². The van der Waals surface area contributed by atoms with Crippen LogP contribution in [0.15, 0.2) is 12.1 Å². The number of rotatable bonds is 4. The maximum Gasteiger partial charge on any atom is 0.416 e. The molecule has 0 radical (unpaired) electrons. The van der Waals surface area contributed by atoms with Crippen LogP contribution >= 0.6 is 0 Å². The van der Waals surface area contributed by atoms with Crippen LogP contribution in [0.25, 0.3) is 0 Å². The van der Waals surface area contributed by atoms with E-state index in [1.807, 2.05) is 13.8 Å². The molecule has 1 unspecified atom stereocenters. The largest absolute Gasteiger partial charge is 0.474 e. The first-order valence-corrected chi connectivity index (χ1v) is 5.67.